The minimum Gasteiger partial charge on any atom is -0.512 e. The smallest absolute Gasteiger partial charge is 0.325 e. The molecule has 1 aliphatic carbocycles. The van der Waals surface area contributed by atoms with Crippen molar-refractivity contribution in [3.05, 3.63) is 59.9 Å². The standard InChI is InChI=1S/C14H15NO3/c16-12-8-4-7-11(9-12)15-13(14(17)18)10-5-2-1-3-6-10/h1-7,9,11,13,15-16H,8H2,(H,17,18). The van der Waals surface area contributed by atoms with E-state index in [1.165, 1.54) is 0 Å². The van der Waals surface area contributed by atoms with E-state index in [0.29, 0.717) is 12.0 Å². The van der Waals surface area contributed by atoms with Gasteiger partial charge in [-0.3, -0.25) is 10.1 Å². The summed E-state index contributed by atoms with van der Waals surface area (Å²) in [5.74, 6) is -0.680. The molecule has 1 aliphatic rings. The molecule has 18 heavy (non-hydrogen) atoms. The predicted molar refractivity (Wildman–Crippen MR) is 68.2 cm³/mol. The van der Waals surface area contributed by atoms with Crippen LogP contribution in [0.3, 0.4) is 0 Å². The van der Waals surface area contributed by atoms with E-state index in [-0.39, 0.29) is 11.8 Å². The van der Waals surface area contributed by atoms with Crippen molar-refractivity contribution in [3.63, 3.8) is 0 Å². The van der Waals surface area contributed by atoms with E-state index in [0.717, 1.165) is 0 Å². The highest BCUT2D eigenvalue weighted by molar-refractivity contribution is 5.75. The summed E-state index contributed by atoms with van der Waals surface area (Å²) in [6, 6.07) is 7.93. The molecule has 0 fully saturated rings. The van der Waals surface area contributed by atoms with Crippen LogP contribution in [0.15, 0.2) is 54.3 Å². The lowest BCUT2D eigenvalue weighted by molar-refractivity contribution is -0.139. The molecule has 94 valence electrons. The van der Waals surface area contributed by atoms with E-state index in [2.05, 4.69) is 5.32 Å². The fourth-order valence-electron chi connectivity index (χ4n) is 1.92. The summed E-state index contributed by atoms with van der Waals surface area (Å²) in [7, 11) is 0. The van der Waals surface area contributed by atoms with Crippen LogP contribution < -0.4 is 5.32 Å². The summed E-state index contributed by atoms with van der Waals surface area (Å²) in [5, 5.41) is 21.7. The van der Waals surface area contributed by atoms with E-state index in [9.17, 15) is 15.0 Å². The molecule has 4 heteroatoms. The summed E-state index contributed by atoms with van der Waals surface area (Å²) in [4.78, 5) is 11.3. The van der Waals surface area contributed by atoms with Gasteiger partial charge in [-0.05, 0) is 11.6 Å². The van der Waals surface area contributed by atoms with Crippen molar-refractivity contribution in [2.45, 2.75) is 18.5 Å². The lowest BCUT2D eigenvalue weighted by atomic mass is 10.0. The third-order valence-electron chi connectivity index (χ3n) is 2.78. The van der Waals surface area contributed by atoms with Crippen molar-refractivity contribution < 1.29 is 15.0 Å². The summed E-state index contributed by atoms with van der Waals surface area (Å²) >= 11 is 0. The van der Waals surface area contributed by atoms with Gasteiger partial charge in [0.2, 0.25) is 0 Å². The number of allylic oxidation sites excluding steroid dienone is 1. The molecule has 4 nitrogen and oxygen atoms in total. The summed E-state index contributed by atoms with van der Waals surface area (Å²) in [5.41, 5.74) is 0.692. The van der Waals surface area contributed by atoms with E-state index in [1.807, 2.05) is 18.2 Å². The zero-order chi connectivity index (χ0) is 13.0. The third kappa shape index (κ3) is 2.99. The average molecular weight is 245 g/mol. The number of carbonyl (C=O) groups is 1. The molecule has 1 aromatic carbocycles. The SMILES string of the molecule is O=C(O)C(NC1C=CCC(O)=C1)c1ccccc1. The number of hydrogen-bond donors (Lipinski definition) is 3. The zero-order valence-electron chi connectivity index (χ0n) is 9.78. The molecular formula is C14H15NO3. The van der Waals surface area contributed by atoms with Gasteiger partial charge >= 0.3 is 5.97 Å². The van der Waals surface area contributed by atoms with Gasteiger partial charge < -0.3 is 10.2 Å². The summed E-state index contributed by atoms with van der Waals surface area (Å²) < 4.78 is 0. The summed E-state index contributed by atoms with van der Waals surface area (Å²) in [6.45, 7) is 0. The second-order valence-electron chi connectivity index (χ2n) is 4.16. The normalized spacial score (nSPS) is 20.2. The van der Waals surface area contributed by atoms with E-state index in [1.54, 1.807) is 30.3 Å². The number of aliphatic carboxylic acids is 1. The van der Waals surface area contributed by atoms with Crippen LogP contribution in [-0.4, -0.2) is 22.2 Å². The maximum atomic E-state index is 11.3. The number of nitrogens with one attached hydrogen (secondary N) is 1. The van der Waals surface area contributed by atoms with Crippen LogP contribution in [0.25, 0.3) is 0 Å². The zero-order valence-corrected chi connectivity index (χ0v) is 9.78. The quantitative estimate of drug-likeness (QED) is 0.711. The van der Waals surface area contributed by atoms with Crippen LogP contribution in [0.1, 0.15) is 18.0 Å². The maximum absolute atomic E-state index is 11.3. The molecule has 2 rings (SSSR count). The van der Waals surface area contributed by atoms with E-state index >= 15 is 0 Å². The number of rotatable bonds is 4. The lowest BCUT2D eigenvalue weighted by Crippen LogP contribution is -2.35. The molecule has 0 saturated carbocycles. The van der Waals surface area contributed by atoms with Gasteiger partial charge in [-0.2, -0.15) is 0 Å². The minimum atomic E-state index is -0.937. The van der Waals surface area contributed by atoms with Gasteiger partial charge in [0.1, 0.15) is 6.04 Å². The van der Waals surface area contributed by atoms with Crippen LogP contribution in [0.5, 0.6) is 0 Å². The molecule has 2 unspecified atom stereocenters. The molecule has 1 aromatic rings. The van der Waals surface area contributed by atoms with Crippen LogP contribution in [0, 0.1) is 0 Å². The highest BCUT2D eigenvalue weighted by atomic mass is 16.4. The first-order valence-electron chi connectivity index (χ1n) is 5.77. The van der Waals surface area contributed by atoms with Gasteiger partial charge in [-0.1, -0.05) is 42.5 Å². The number of carboxylic acids is 1. The molecule has 2 atom stereocenters. The Labute approximate surface area is 105 Å². The minimum absolute atomic E-state index is 0.257. The lowest BCUT2D eigenvalue weighted by Gasteiger charge is -2.21. The first kappa shape index (κ1) is 12.4. The maximum Gasteiger partial charge on any atom is 0.325 e. The van der Waals surface area contributed by atoms with Crippen molar-refractivity contribution in [1.82, 2.24) is 5.32 Å². The first-order valence-corrected chi connectivity index (χ1v) is 5.77. The highest BCUT2D eigenvalue weighted by Gasteiger charge is 2.22. The number of hydrogen-bond acceptors (Lipinski definition) is 3. The molecule has 0 amide bonds. The molecular weight excluding hydrogens is 230 g/mol. The van der Waals surface area contributed by atoms with Crippen molar-refractivity contribution in [1.29, 1.82) is 0 Å². The van der Waals surface area contributed by atoms with Gasteiger partial charge in [0, 0.05) is 12.5 Å². The second kappa shape index (κ2) is 5.51. The topological polar surface area (TPSA) is 69.6 Å². The molecule has 0 bridgehead atoms. The highest BCUT2D eigenvalue weighted by Crippen LogP contribution is 2.16. The fraction of sp³-hybridized carbons (Fsp3) is 0.214. The Balaban J connectivity index is 2.15. The average Bonchev–Trinajstić information content (AvgIpc) is 2.37. The molecule has 3 N–H and O–H groups in total. The van der Waals surface area contributed by atoms with Gasteiger partial charge in [0.05, 0.1) is 5.76 Å². The molecule has 0 spiro atoms. The third-order valence-corrected chi connectivity index (χ3v) is 2.78. The summed E-state index contributed by atoms with van der Waals surface area (Å²) in [6.07, 6.45) is 5.79. The number of carboxylic acid groups (broad SMARTS) is 1. The van der Waals surface area contributed by atoms with Crippen molar-refractivity contribution in [3.8, 4) is 0 Å². The van der Waals surface area contributed by atoms with Gasteiger partial charge in [0.15, 0.2) is 0 Å². The Hall–Kier alpha value is -2.07. The number of aliphatic hydroxyl groups is 1. The molecule has 0 aromatic heterocycles. The van der Waals surface area contributed by atoms with Crippen LogP contribution in [0.4, 0.5) is 0 Å². The Morgan fingerprint density at radius 1 is 1.33 bits per heavy atom. The van der Waals surface area contributed by atoms with Crippen molar-refractivity contribution >= 4 is 5.97 Å². The number of aliphatic hydroxyl groups excluding tert-OH is 1. The molecule has 0 heterocycles. The van der Waals surface area contributed by atoms with Gasteiger partial charge in [-0.25, -0.2) is 0 Å². The molecule has 0 aliphatic heterocycles. The fourth-order valence-corrected chi connectivity index (χ4v) is 1.92. The Bertz CT molecular complexity index is 479. The Morgan fingerprint density at radius 3 is 2.67 bits per heavy atom. The first-order chi connectivity index (χ1) is 8.66. The Kier molecular flexibility index (Phi) is 3.79. The number of benzene rings is 1. The van der Waals surface area contributed by atoms with Crippen LogP contribution in [-0.2, 0) is 4.79 Å². The van der Waals surface area contributed by atoms with Crippen molar-refractivity contribution in [2.75, 3.05) is 0 Å². The van der Waals surface area contributed by atoms with Crippen molar-refractivity contribution in [2.24, 2.45) is 0 Å². The monoisotopic (exact) mass is 245 g/mol. The van der Waals surface area contributed by atoms with Gasteiger partial charge in [0.25, 0.3) is 0 Å². The van der Waals surface area contributed by atoms with Gasteiger partial charge in [-0.15, -0.1) is 0 Å². The van der Waals surface area contributed by atoms with Crippen LogP contribution >= 0.6 is 0 Å². The van der Waals surface area contributed by atoms with E-state index in [4.69, 9.17) is 0 Å². The molecule has 0 radical (unpaired) electrons. The largest absolute Gasteiger partial charge is 0.512 e. The molecule has 0 saturated heterocycles. The van der Waals surface area contributed by atoms with Crippen LogP contribution in [0.2, 0.25) is 0 Å². The second-order valence-corrected chi connectivity index (χ2v) is 4.16. The van der Waals surface area contributed by atoms with E-state index < -0.39 is 12.0 Å². The Morgan fingerprint density at radius 2 is 2.06 bits per heavy atom. The predicted octanol–water partition coefficient (Wildman–Crippen LogP) is 2.17.